The molecule has 3 aromatic rings. The Morgan fingerprint density at radius 2 is 1.97 bits per heavy atom. The first-order valence-electron chi connectivity index (χ1n) is 10.7. The second kappa shape index (κ2) is 10.4. The molecule has 0 spiro atoms. The van der Waals surface area contributed by atoms with E-state index in [4.69, 9.17) is 9.47 Å². The molecule has 2 N–H and O–H groups in total. The second-order valence-electron chi connectivity index (χ2n) is 7.58. The normalized spacial score (nSPS) is 15.2. The number of amides is 3. The summed E-state index contributed by atoms with van der Waals surface area (Å²) in [6, 6.07) is 14.2. The van der Waals surface area contributed by atoms with E-state index in [0.717, 1.165) is 22.7 Å². The van der Waals surface area contributed by atoms with E-state index in [1.807, 2.05) is 35.7 Å². The van der Waals surface area contributed by atoms with E-state index in [1.54, 1.807) is 41.5 Å². The fourth-order valence-electron chi connectivity index (χ4n) is 3.78. The Hall–Kier alpha value is -3.59. The van der Waals surface area contributed by atoms with Gasteiger partial charge in [-0.05, 0) is 25.0 Å². The van der Waals surface area contributed by atoms with Gasteiger partial charge < -0.3 is 25.0 Å². The number of carbonyl (C=O) groups is 2. The molecule has 0 aliphatic carbocycles. The van der Waals surface area contributed by atoms with Crippen LogP contribution in [0.2, 0.25) is 0 Å². The average Bonchev–Trinajstić information content (AvgIpc) is 3.53. The number of urea groups is 1. The molecule has 3 amide bonds. The minimum atomic E-state index is -0.533. The number of hydrogen-bond donors (Lipinski definition) is 2. The zero-order valence-corrected chi connectivity index (χ0v) is 19.4. The minimum absolute atomic E-state index is 0.186. The molecule has 1 saturated heterocycles. The molecule has 1 aromatic heterocycles. The van der Waals surface area contributed by atoms with Gasteiger partial charge in [0, 0.05) is 23.6 Å². The number of hydrogen-bond acceptors (Lipinski definition) is 6. The number of benzene rings is 2. The lowest BCUT2D eigenvalue weighted by Crippen LogP contribution is -2.47. The van der Waals surface area contributed by atoms with Crippen LogP contribution in [0, 0.1) is 0 Å². The van der Waals surface area contributed by atoms with Gasteiger partial charge in [-0.2, -0.15) is 0 Å². The number of likely N-dealkylation sites (tertiary alicyclic amines) is 1. The Bertz CT molecular complexity index is 1120. The first-order chi connectivity index (χ1) is 16.1. The molecule has 2 heterocycles. The average molecular weight is 467 g/mol. The molecule has 0 saturated carbocycles. The molecule has 4 rings (SSSR count). The Balaban J connectivity index is 1.37. The minimum Gasteiger partial charge on any atom is -0.497 e. The summed E-state index contributed by atoms with van der Waals surface area (Å²) in [4.78, 5) is 32.0. The smallest absolute Gasteiger partial charge is 0.322 e. The van der Waals surface area contributed by atoms with Gasteiger partial charge in [0.25, 0.3) is 0 Å². The van der Waals surface area contributed by atoms with Crippen LogP contribution in [-0.4, -0.2) is 48.6 Å². The molecule has 33 heavy (non-hydrogen) atoms. The number of ether oxygens (including phenoxy) is 2. The van der Waals surface area contributed by atoms with E-state index in [0.29, 0.717) is 36.7 Å². The van der Waals surface area contributed by atoms with Crippen molar-refractivity contribution in [3.63, 3.8) is 0 Å². The van der Waals surface area contributed by atoms with Crippen molar-refractivity contribution < 1.29 is 19.1 Å². The van der Waals surface area contributed by atoms with Crippen molar-refractivity contribution in [2.75, 3.05) is 26.1 Å². The number of rotatable bonds is 7. The molecule has 1 aliphatic heterocycles. The van der Waals surface area contributed by atoms with Gasteiger partial charge in [-0.25, -0.2) is 9.78 Å². The van der Waals surface area contributed by atoms with Crippen molar-refractivity contribution >= 4 is 29.0 Å². The Labute approximate surface area is 196 Å². The summed E-state index contributed by atoms with van der Waals surface area (Å²) in [5.74, 6) is 0.927. The number of aromatic nitrogens is 1. The number of nitrogens with one attached hydrogen (secondary N) is 2. The molecule has 0 unspecified atom stereocenters. The zero-order chi connectivity index (χ0) is 23.2. The monoisotopic (exact) mass is 466 g/mol. The molecular formula is C24H26N4O4S. The lowest BCUT2D eigenvalue weighted by molar-refractivity contribution is -0.124. The predicted molar refractivity (Wildman–Crippen MR) is 128 cm³/mol. The maximum Gasteiger partial charge on any atom is 0.322 e. The first-order valence-corrected chi connectivity index (χ1v) is 11.5. The van der Waals surface area contributed by atoms with Crippen LogP contribution in [0.4, 0.5) is 10.5 Å². The highest BCUT2D eigenvalue weighted by Gasteiger charge is 2.34. The maximum absolute atomic E-state index is 13.0. The molecule has 1 fully saturated rings. The van der Waals surface area contributed by atoms with Crippen LogP contribution in [0.3, 0.4) is 0 Å². The summed E-state index contributed by atoms with van der Waals surface area (Å²) in [5.41, 5.74) is 2.33. The third-order valence-electron chi connectivity index (χ3n) is 5.48. The number of thiazole rings is 1. The quantitative estimate of drug-likeness (QED) is 0.546. The fraction of sp³-hybridized carbons (Fsp3) is 0.292. The fourth-order valence-corrected chi connectivity index (χ4v) is 4.60. The van der Waals surface area contributed by atoms with Gasteiger partial charge in [0.1, 0.15) is 22.5 Å². The molecule has 1 aliphatic rings. The molecule has 2 aromatic carbocycles. The third-order valence-corrected chi connectivity index (χ3v) is 6.42. The molecular weight excluding hydrogens is 440 g/mol. The van der Waals surface area contributed by atoms with E-state index in [1.165, 1.54) is 7.11 Å². The predicted octanol–water partition coefficient (Wildman–Crippen LogP) is 4.14. The van der Waals surface area contributed by atoms with E-state index in [2.05, 4.69) is 15.6 Å². The number of methoxy groups -OCH3 is 2. The highest BCUT2D eigenvalue weighted by Crippen LogP contribution is 2.30. The Morgan fingerprint density at radius 3 is 2.73 bits per heavy atom. The summed E-state index contributed by atoms with van der Waals surface area (Å²) in [5, 5.41) is 8.64. The van der Waals surface area contributed by atoms with Crippen molar-refractivity contribution in [3.05, 3.63) is 59.6 Å². The summed E-state index contributed by atoms with van der Waals surface area (Å²) in [6.45, 7) is 0.822. The van der Waals surface area contributed by atoms with Gasteiger partial charge in [-0.3, -0.25) is 4.79 Å². The van der Waals surface area contributed by atoms with Crippen LogP contribution in [0.25, 0.3) is 10.6 Å². The van der Waals surface area contributed by atoms with Gasteiger partial charge in [0.15, 0.2) is 0 Å². The molecule has 0 bridgehead atoms. The van der Waals surface area contributed by atoms with E-state index >= 15 is 0 Å². The van der Waals surface area contributed by atoms with Crippen molar-refractivity contribution in [3.8, 4) is 22.1 Å². The van der Waals surface area contributed by atoms with Crippen LogP contribution in [0.15, 0.2) is 53.9 Å². The van der Waals surface area contributed by atoms with Gasteiger partial charge in [-0.1, -0.05) is 30.3 Å². The van der Waals surface area contributed by atoms with Crippen LogP contribution >= 0.6 is 11.3 Å². The number of nitrogens with zero attached hydrogens (tertiary/aromatic N) is 2. The SMILES string of the molecule is COc1ccc(OC)c(NC(=O)N2CCC[C@@H]2C(=O)NCc2csc(-c3ccccc3)n2)c1. The van der Waals surface area contributed by atoms with Crippen molar-refractivity contribution in [2.45, 2.75) is 25.4 Å². The third kappa shape index (κ3) is 5.25. The standard InChI is InChI=1S/C24H26N4O4S/c1-31-18-10-11-21(32-2)19(13-18)27-24(30)28-12-6-9-20(28)22(29)25-14-17-15-33-23(26-17)16-7-4-3-5-8-16/h3-5,7-8,10-11,13,15,20H,6,9,12,14H2,1-2H3,(H,25,29)(H,27,30)/t20-/m1/s1. The summed E-state index contributed by atoms with van der Waals surface area (Å²) in [6.07, 6.45) is 1.37. The molecule has 1 atom stereocenters. The zero-order valence-electron chi connectivity index (χ0n) is 18.5. The molecule has 0 radical (unpaired) electrons. The molecule has 9 heteroatoms. The summed E-state index contributed by atoms with van der Waals surface area (Å²) in [7, 11) is 3.09. The van der Waals surface area contributed by atoms with Crippen LogP contribution in [0.5, 0.6) is 11.5 Å². The van der Waals surface area contributed by atoms with Gasteiger partial charge in [-0.15, -0.1) is 11.3 Å². The lowest BCUT2D eigenvalue weighted by atomic mass is 10.2. The van der Waals surface area contributed by atoms with Crippen molar-refractivity contribution in [2.24, 2.45) is 0 Å². The highest BCUT2D eigenvalue weighted by atomic mass is 32.1. The van der Waals surface area contributed by atoms with Gasteiger partial charge in [0.05, 0.1) is 32.1 Å². The maximum atomic E-state index is 13.0. The van der Waals surface area contributed by atoms with Crippen molar-refractivity contribution in [1.29, 1.82) is 0 Å². The van der Waals surface area contributed by atoms with Crippen LogP contribution < -0.4 is 20.1 Å². The molecule has 172 valence electrons. The second-order valence-corrected chi connectivity index (χ2v) is 8.43. The van der Waals surface area contributed by atoms with Crippen LogP contribution in [0.1, 0.15) is 18.5 Å². The van der Waals surface area contributed by atoms with Crippen molar-refractivity contribution in [1.82, 2.24) is 15.2 Å². The van der Waals surface area contributed by atoms with E-state index in [-0.39, 0.29) is 11.9 Å². The van der Waals surface area contributed by atoms with E-state index in [9.17, 15) is 9.59 Å². The molecule has 8 nitrogen and oxygen atoms in total. The highest BCUT2D eigenvalue weighted by molar-refractivity contribution is 7.13. The Morgan fingerprint density at radius 1 is 1.15 bits per heavy atom. The number of anilines is 1. The first kappa shape index (κ1) is 22.6. The lowest BCUT2D eigenvalue weighted by Gasteiger charge is -2.24. The topological polar surface area (TPSA) is 92.8 Å². The largest absolute Gasteiger partial charge is 0.497 e. The van der Waals surface area contributed by atoms with Gasteiger partial charge in [0.2, 0.25) is 5.91 Å². The van der Waals surface area contributed by atoms with E-state index < -0.39 is 6.04 Å². The van der Waals surface area contributed by atoms with Gasteiger partial charge >= 0.3 is 6.03 Å². The number of carbonyl (C=O) groups excluding carboxylic acids is 2. The summed E-state index contributed by atoms with van der Waals surface area (Å²) < 4.78 is 10.6. The van der Waals surface area contributed by atoms with Crippen LogP contribution in [-0.2, 0) is 11.3 Å². The summed E-state index contributed by atoms with van der Waals surface area (Å²) >= 11 is 1.54. The Kier molecular flexibility index (Phi) is 7.09.